The summed E-state index contributed by atoms with van der Waals surface area (Å²) in [6.45, 7) is 1.66. The Morgan fingerprint density at radius 2 is 2.00 bits per heavy atom. The van der Waals surface area contributed by atoms with Gasteiger partial charge in [-0.15, -0.1) is 0 Å². The maximum atomic E-state index is 11.7. The molecule has 0 amide bonds. The number of ether oxygens (including phenoxy) is 2. The number of hydrogen-bond acceptors (Lipinski definition) is 5. The lowest BCUT2D eigenvalue weighted by Gasteiger charge is -2.01. The molecular formula is C11H12ClNO5. The second-order valence-corrected chi connectivity index (χ2v) is 3.74. The van der Waals surface area contributed by atoms with E-state index in [1.807, 2.05) is 0 Å². The van der Waals surface area contributed by atoms with Crippen LogP contribution >= 0.6 is 11.6 Å². The van der Waals surface area contributed by atoms with Gasteiger partial charge in [0.15, 0.2) is 0 Å². The molecule has 0 fully saturated rings. The van der Waals surface area contributed by atoms with Crippen molar-refractivity contribution in [2.24, 2.45) is 7.05 Å². The number of esters is 2. The van der Waals surface area contributed by atoms with Gasteiger partial charge in [0.25, 0.3) is 5.78 Å². The summed E-state index contributed by atoms with van der Waals surface area (Å²) in [7, 11) is 2.71. The van der Waals surface area contributed by atoms with Crippen LogP contribution in [0.25, 0.3) is 0 Å². The van der Waals surface area contributed by atoms with Gasteiger partial charge in [0, 0.05) is 13.2 Å². The van der Waals surface area contributed by atoms with Crippen LogP contribution in [0.4, 0.5) is 0 Å². The molecule has 0 bridgehead atoms. The van der Waals surface area contributed by atoms with E-state index in [2.05, 4.69) is 9.47 Å². The number of rotatable bonds is 4. The molecule has 0 saturated carbocycles. The van der Waals surface area contributed by atoms with Crippen LogP contribution in [0.1, 0.15) is 27.8 Å². The van der Waals surface area contributed by atoms with E-state index < -0.39 is 17.7 Å². The Morgan fingerprint density at radius 3 is 2.50 bits per heavy atom. The number of hydrogen-bond donors (Lipinski definition) is 0. The highest BCUT2D eigenvalue weighted by atomic mass is 35.5. The van der Waals surface area contributed by atoms with Gasteiger partial charge < -0.3 is 14.0 Å². The van der Waals surface area contributed by atoms with Gasteiger partial charge in [-0.05, 0) is 6.92 Å². The van der Waals surface area contributed by atoms with Crippen LogP contribution in [0.5, 0.6) is 0 Å². The Hall–Kier alpha value is -1.82. The van der Waals surface area contributed by atoms with Crippen molar-refractivity contribution in [3.05, 3.63) is 22.5 Å². The molecular weight excluding hydrogens is 262 g/mol. The van der Waals surface area contributed by atoms with Crippen LogP contribution in [0.2, 0.25) is 5.02 Å². The van der Waals surface area contributed by atoms with Crippen molar-refractivity contribution in [3.8, 4) is 0 Å². The number of halogens is 1. The van der Waals surface area contributed by atoms with Crippen molar-refractivity contribution in [3.63, 3.8) is 0 Å². The largest absolute Gasteiger partial charge is 0.464 e. The van der Waals surface area contributed by atoms with Crippen LogP contribution in [0.15, 0.2) is 6.20 Å². The van der Waals surface area contributed by atoms with Gasteiger partial charge in [0.05, 0.1) is 24.3 Å². The second kappa shape index (κ2) is 5.68. The molecule has 7 heteroatoms. The number of methoxy groups -OCH3 is 1. The number of carbonyl (C=O) groups is 3. The summed E-state index contributed by atoms with van der Waals surface area (Å²) in [5.74, 6) is -2.60. The lowest BCUT2D eigenvalue weighted by Crippen LogP contribution is -2.17. The minimum Gasteiger partial charge on any atom is -0.464 e. The molecule has 0 atom stereocenters. The van der Waals surface area contributed by atoms with Crippen molar-refractivity contribution in [2.45, 2.75) is 6.92 Å². The standard InChI is InChI=1S/C11H12ClNO5/c1-4-18-11(16)9(14)6-5-13(2)8(7(6)12)10(15)17-3/h5H,4H2,1-3H3. The quantitative estimate of drug-likeness (QED) is 0.468. The molecule has 1 heterocycles. The summed E-state index contributed by atoms with van der Waals surface area (Å²) in [6.07, 6.45) is 1.29. The first kappa shape index (κ1) is 14.2. The van der Waals surface area contributed by atoms with Gasteiger partial charge in [0.2, 0.25) is 0 Å². The summed E-state index contributed by atoms with van der Waals surface area (Å²) in [4.78, 5) is 34.4. The Labute approximate surface area is 108 Å². The number of Topliss-reactive ketones (excluding diaryl/α,β-unsaturated/α-hetero) is 1. The molecule has 0 spiro atoms. The average Bonchev–Trinajstić information content (AvgIpc) is 2.63. The first-order chi connectivity index (χ1) is 8.43. The molecule has 0 N–H and O–H groups in total. The second-order valence-electron chi connectivity index (χ2n) is 3.36. The third-order valence-electron chi connectivity index (χ3n) is 2.20. The topological polar surface area (TPSA) is 74.6 Å². The Balaban J connectivity index is 3.17. The highest BCUT2D eigenvalue weighted by Crippen LogP contribution is 2.24. The molecule has 18 heavy (non-hydrogen) atoms. The molecule has 1 rings (SSSR count). The molecule has 0 unspecified atom stereocenters. The molecule has 98 valence electrons. The van der Waals surface area contributed by atoms with Gasteiger partial charge in [-0.1, -0.05) is 11.6 Å². The number of aromatic nitrogens is 1. The van der Waals surface area contributed by atoms with Crippen LogP contribution in [0, 0.1) is 0 Å². The van der Waals surface area contributed by atoms with E-state index in [0.717, 1.165) is 0 Å². The third-order valence-corrected chi connectivity index (χ3v) is 2.59. The van der Waals surface area contributed by atoms with Gasteiger partial charge in [0.1, 0.15) is 5.69 Å². The lowest BCUT2D eigenvalue weighted by atomic mass is 10.2. The summed E-state index contributed by atoms with van der Waals surface area (Å²) in [5.41, 5.74) is -0.0789. The zero-order chi connectivity index (χ0) is 13.9. The molecule has 0 radical (unpaired) electrons. The molecule has 0 saturated heterocycles. The molecule has 0 aliphatic rings. The van der Waals surface area contributed by atoms with E-state index in [4.69, 9.17) is 11.6 Å². The number of nitrogens with zero attached hydrogens (tertiary/aromatic N) is 1. The van der Waals surface area contributed by atoms with E-state index in [0.29, 0.717) is 0 Å². The van der Waals surface area contributed by atoms with Crippen molar-refractivity contribution in [1.82, 2.24) is 4.57 Å². The van der Waals surface area contributed by atoms with Gasteiger partial charge >= 0.3 is 11.9 Å². The number of ketones is 1. The fraction of sp³-hybridized carbons (Fsp3) is 0.364. The molecule has 6 nitrogen and oxygen atoms in total. The van der Waals surface area contributed by atoms with Gasteiger partial charge in [-0.2, -0.15) is 0 Å². The van der Waals surface area contributed by atoms with Crippen molar-refractivity contribution in [1.29, 1.82) is 0 Å². The maximum absolute atomic E-state index is 11.7. The minimum atomic E-state index is -1.01. The lowest BCUT2D eigenvalue weighted by molar-refractivity contribution is -0.137. The first-order valence-electron chi connectivity index (χ1n) is 5.08. The van der Waals surface area contributed by atoms with E-state index in [1.54, 1.807) is 6.92 Å². The fourth-order valence-electron chi connectivity index (χ4n) is 1.39. The molecule has 0 aromatic carbocycles. The molecule has 0 aliphatic heterocycles. The smallest absolute Gasteiger partial charge is 0.379 e. The Bertz CT molecular complexity index is 506. The summed E-state index contributed by atoms with van der Waals surface area (Å²) in [5, 5.41) is -0.123. The zero-order valence-corrected chi connectivity index (χ0v) is 10.9. The highest BCUT2D eigenvalue weighted by molar-refractivity contribution is 6.46. The molecule has 1 aromatic heterocycles. The van der Waals surface area contributed by atoms with Crippen LogP contribution < -0.4 is 0 Å². The van der Waals surface area contributed by atoms with Crippen LogP contribution in [0.3, 0.4) is 0 Å². The normalized spacial score (nSPS) is 10.0. The molecule has 0 aliphatic carbocycles. The van der Waals surface area contributed by atoms with Crippen molar-refractivity contribution in [2.75, 3.05) is 13.7 Å². The van der Waals surface area contributed by atoms with E-state index in [9.17, 15) is 14.4 Å². The van der Waals surface area contributed by atoms with Crippen LogP contribution in [-0.2, 0) is 21.3 Å². The summed E-state index contributed by atoms with van der Waals surface area (Å²) < 4.78 is 10.4. The average molecular weight is 274 g/mol. The Morgan fingerprint density at radius 1 is 1.39 bits per heavy atom. The van der Waals surface area contributed by atoms with Crippen molar-refractivity contribution < 1.29 is 23.9 Å². The van der Waals surface area contributed by atoms with Crippen molar-refractivity contribution >= 4 is 29.3 Å². The van der Waals surface area contributed by atoms with Crippen LogP contribution in [-0.4, -0.2) is 36.0 Å². The predicted octanol–water partition coefficient (Wildman–Crippen LogP) is 1.21. The summed E-state index contributed by atoms with van der Waals surface area (Å²) >= 11 is 5.89. The van der Waals surface area contributed by atoms with Gasteiger partial charge in [-0.3, -0.25) is 4.79 Å². The molecule has 1 aromatic rings. The fourth-order valence-corrected chi connectivity index (χ4v) is 1.74. The number of carbonyl (C=O) groups excluding carboxylic acids is 3. The maximum Gasteiger partial charge on any atom is 0.379 e. The Kier molecular flexibility index (Phi) is 4.49. The SMILES string of the molecule is CCOC(=O)C(=O)c1cn(C)c(C(=O)OC)c1Cl. The highest BCUT2D eigenvalue weighted by Gasteiger charge is 2.27. The van der Waals surface area contributed by atoms with E-state index in [-0.39, 0.29) is 22.9 Å². The number of aryl methyl sites for hydroxylation is 1. The first-order valence-corrected chi connectivity index (χ1v) is 5.46. The minimum absolute atomic E-state index is 0.00631. The van der Waals surface area contributed by atoms with E-state index in [1.165, 1.54) is 24.9 Å². The zero-order valence-electron chi connectivity index (χ0n) is 10.2. The van der Waals surface area contributed by atoms with E-state index >= 15 is 0 Å². The predicted molar refractivity (Wildman–Crippen MR) is 62.7 cm³/mol. The third kappa shape index (κ3) is 2.53. The van der Waals surface area contributed by atoms with Gasteiger partial charge in [-0.25, -0.2) is 9.59 Å². The summed E-state index contributed by atoms with van der Waals surface area (Å²) in [6, 6.07) is 0. The monoisotopic (exact) mass is 273 g/mol.